The summed E-state index contributed by atoms with van der Waals surface area (Å²) in [6.45, 7) is -0.0668. The van der Waals surface area contributed by atoms with E-state index in [0.717, 1.165) is 9.87 Å². The average Bonchev–Trinajstić information content (AvgIpc) is 2.66. The van der Waals surface area contributed by atoms with Gasteiger partial charge in [0.15, 0.2) is 0 Å². The van der Waals surface area contributed by atoms with E-state index in [1.165, 1.54) is 33.4 Å². The molecule has 0 saturated heterocycles. The number of rotatable bonds is 8. The Kier molecular flexibility index (Phi) is 7.06. The Hall–Kier alpha value is -2.29. The molecule has 2 aromatic carbocycles. The molecule has 9 heteroatoms. The van der Waals surface area contributed by atoms with Crippen molar-refractivity contribution in [2.24, 2.45) is 0 Å². The lowest BCUT2D eigenvalue weighted by Crippen LogP contribution is -2.38. The number of halogens is 1. The zero-order valence-electron chi connectivity index (χ0n) is 15.2. The SMILES string of the molecule is COc1ccc(OC)c(S(=O)(=O)N(C)CC(=O)NCc2ccc(Cl)cc2)c1. The minimum absolute atomic E-state index is 0.0719. The molecule has 0 unspecified atom stereocenters. The van der Waals surface area contributed by atoms with E-state index in [-0.39, 0.29) is 23.7 Å². The highest BCUT2D eigenvalue weighted by atomic mass is 35.5. The van der Waals surface area contributed by atoms with Gasteiger partial charge in [-0.05, 0) is 29.8 Å². The van der Waals surface area contributed by atoms with Gasteiger partial charge in [-0.2, -0.15) is 4.31 Å². The molecule has 27 heavy (non-hydrogen) atoms. The van der Waals surface area contributed by atoms with E-state index in [0.29, 0.717) is 10.8 Å². The van der Waals surface area contributed by atoms with Gasteiger partial charge in [0.05, 0.1) is 20.8 Å². The summed E-state index contributed by atoms with van der Waals surface area (Å²) in [7, 11) is 0.193. The number of hydrogen-bond acceptors (Lipinski definition) is 5. The van der Waals surface area contributed by atoms with Gasteiger partial charge in [0.1, 0.15) is 16.4 Å². The summed E-state index contributed by atoms with van der Waals surface area (Å²) in [6, 6.07) is 11.4. The molecule has 0 aliphatic carbocycles. The topological polar surface area (TPSA) is 84.9 Å². The van der Waals surface area contributed by atoms with E-state index in [1.807, 2.05) is 0 Å². The lowest BCUT2D eigenvalue weighted by molar-refractivity contribution is -0.121. The molecule has 0 radical (unpaired) electrons. The van der Waals surface area contributed by atoms with E-state index >= 15 is 0 Å². The van der Waals surface area contributed by atoms with Crippen molar-refractivity contribution in [2.45, 2.75) is 11.4 Å². The van der Waals surface area contributed by atoms with Crippen LogP contribution in [0.3, 0.4) is 0 Å². The first-order valence-corrected chi connectivity index (χ1v) is 9.79. The van der Waals surface area contributed by atoms with Gasteiger partial charge in [0, 0.05) is 24.7 Å². The number of nitrogens with zero attached hydrogens (tertiary/aromatic N) is 1. The first-order valence-electron chi connectivity index (χ1n) is 7.97. The molecule has 0 heterocycles. The minimum atomic E-state index is -3.95. The number of carbonyl (C=O) groups is 1. The van der Waals surface area contributed by atoms with E-state index in [4.69, 9.17) is 21.1 Å². The molecule has 0 aromatic heterocycles. The summed E-state index contributed by atoms with van der Waals surface area (Å²) < 4.78 is 36.8. The summed E-state index contributed by atoms with van der Waals surface area (Å²) in [5.41, 5.74) is 0.854. The first kappa shape index (κ1) is 21.0. The fraction of sp³-hybridized carbons (Fsp3) is 0.278. The number of carbonyl (C=O) groups excluding carboxylic acids is 1. The second kappa shape index (κ2) is 9.07. The van der Waals surface area contributed by atoms with Gasteiger partial charge in [-0.25, -0.2) is 8.42 Å². The molecule has 0 bridgehead atoms. The molecule has 0 fully saturated rings. The quantitative estimate of drug-likeness (QED) is 0.719. The van der Waals surface area contributed by atoms with Crippen molar-refractivity contribution in [1.29, 1.82) is 0 Å². The third kappa shape index (κ3) is 5.35. The molecule has 0 aliphatic rings. The van der Waals surface area contributed by atoms with Crippen molar-refractivity contribution in [3.05, 3.63) is 53.1 Å². The Morgan fingerprint density at radius 1 is 1.11 bits per heavy atom. The van der Waals surface area contributed by atoms with Gasteiger partial charge in [-0.3, -0.25) is 4.79 Å². The van der Waals surface area contributed by atoms with Gasteiger partial charge in [0.2, 0.25) is 15.9 Å². The second-order valence-corrected chi connectivity index (χ2v) is 8.13. The maximum absolute atomic E-state index is 12.8. The largest absolute Gasteiger partial charge is 0.497 e. The smallest absolute Gasteiger partial charge is 0.247 e. The highest BCUT2D eigenvalue weighted by Gasteiger charge is 2.27. The molecular formula is C18H21ClN2O5S. The predicted molar refractivity (Wildman–Crippen MR) is 103 cm³/mol. The number of ether oxygens (including phenoxy) is 2. The van der Waals surface area contributed by atoms with Crippen molar-refractivity contribution < 1.29 is 22.7 Å². The third-order valence-corrected chi connectivity index (χ3v) is 5.90. The van der Waals surface area contributed by atoms with Crippen LogP contribution in [0.15, 0.2) is 47.4 Å². The summed E-state index contributed by atoms with van der Waals surface area (Å²) >= 11 is 5.82. The monoisotopic (exact) mass is 412 g/mol. The van der Waals surface area contributed by atoms with Gasteiger partial charge in [-0.15, -0.1) is 0 Å². The highest BCUT2D eigenvalue weighted by molar-refractivity contribution is 7.89. The van der Waals surface area contributed by atoms with E-state index in [1.54, 1.807) is 30.3 Å². The highest BCUT2D eigenvalue weighted by Crippen LogP contribution is 2.30. The average molecular weight is 413 g/mol. The van der Waals surface area contributed by atoms with Crippen molar-refractivity contribution in [3.63, 3.8) is 0 Å². The van der Waals surface area contributed by atoms with Gasteiger partial charge >= 0.3 is 0 Å². The van der Waals surface area contributed by atoms with Crippen LogP contribution in [0.5, 0.6) is 11.5 Å². The van der Waals surface area contributed by atoms with Crippen LogP contribution in [0.2, 0.25) is 5.02 Å². The number of amides is 1. The summed E-state index contributed by atoms with van der Waals surface area (Å²) in [5.74, 6) is 0.108. The van der Waals surface area contributed by atoms with Crippen LogP contribution in [0, 0.1) is 0 Å². The Morgan fingerprint density at radius 2 is 1.78 bits per heavy atom. The minimum Gasteiger partial charge on any atom is -0.497 e. The maximum atomic E-state index is 12.8. The van der Waals surface area contributed by atoms with Crippen molar-refractivity contribution in [3.8, 4) is 11.5 Å². The predicted octanol–water partition coefficient (Wildman–Crippen LogP) is 2.29. The number of sulfonamides is 1. The van der Waals surface area contributed by atoms with Crippen molar-refractivity contribution in [2.75, 3.05) is 27.8 Å². The van der Waals surface area contributed by atoms with E-state index < -0.39 is 15.9 Å². The maximum Gasteiger partial charge on any atom is 0.247 e. The molecule has 146 valence electrons. The third-order valence-electron chi connectivity index (χ3n) is 3.83. The fourth-order valence-corrected chi connectivity index (χ4v) is 3.72. The Labute approximate surface area is 163 Å². The molecule has 0 aliphatic heterocycles. The number of benzene rings is 2. The zero-order valence-corrected chi connectivity index (χ0v) is 16.8. The number of hydrogen-bond donors (Lipinski definition) is 1. The van der Waals surface area contributed by atoms with E-state index in [2.05, 4.69) is 5.32 Å². The van der Waals surface area contributed by atoms with E-state index in [9.17, 15) is 13.2 Å². The Balaban J connectivity index is 2.08. The van der Waals surface area contributed by atoms with Crippen LogP contribution < -0.4 is 14.8 Å². The van der Waals surface area contributed by atoms with Crippen LogP contribution in [0.25, 0.3) is 0 Å². The summed E-state index contributed by atoms with van der Waals surface area (Å²) in [6.07, 6.45) is 0. The molecule has 2 rings (SSSR count). The summed E-state index contributed by atoms with van der Waals surface area (Å²) in [5, 5.41) is 3.28. The molecular weight excluding hydrogens is 392 g/mol. The Morgan fingerprint density at radius 3 is 2.37 bits per heavy atom. The van der Waals surface area contributed by atoms with Crippen molar-refractivity contribution in [1.82, 2.24) is 9.62 Å². The van der Waals surface area contributed by atoms with Crippen LogP contribution in [0.4, 0.5) is 0 Å². The second-order valence-electron chi connectivity index (χ2n) is 5.68. The molecule has 2 aromatic rings. The molecule has 7 nitrogen and oxygen atoms in total. The lowest BCUT2D eigenvalue weighted by Gasteiger charge is -2.19. The molecule has 1 N–H and O–H groups in total. The van der Waals surface area contributed by atoms with Crippen LogP contribution in [-0.4, -0.2) is 46.4 Å². The number of likely N-dealkylation sites (N-methyl/N-ethyl adjacent to an activating group) is 1. The first-order chi connectivity index (χ1) is 12.8. The fourth-order valence-electron chi connectivity index (χ4n) is 2.30. The van der Waals surface area contributed by atoms with Crippen LogP contribution >= 0.6 is 11.6 Å². The standard InChI is InChI=1S/C18H21ClN2O5S/c1-21(12-18(22)20-11-13-4-6-14(19)7-5-13)27(23,24)17-10-15(25-2)8-9-16(17)26-3/h4-10H,11-12H2,1-3H3,(H,20,22). The van der Waals surface area contributed by atoms with Crippen LogP contribution in [0.1, 0.15) is 5.56 Å². The van der Waals surface area contributed by atoms with Gasteiger partial charge in [-0.1, -0.05) is 23.7 Å². The zero-order chi connectivity index (χ0) is 20.0. The van der Waals surface area contributed by atoms with Gasteiger partial charge < -0.3 is 14.8 Å². The van der Waals surface area contributed by atoms with Gasteiger partial charge in [0.25, 0.3) is 0 Å². The molecule has 0 spiro atoms. The van der Waals surface area contributed by atoms with Crippen LogP contribution in [-0.2, 0) is 21.4 Å². The normalized spacial score (nSPS) is 11.3. The Bertz CT molecular complexity index is 900. The number of methoxy groups -OCH3 is 2. The molecule has 0 atom stereocenters. The van der Waals surface area contributed by atoms with Crippen molar-refractivity contribution >= 4 is 27.5 Å². The number of nitrogens with one attached hydrogen (secondary N) is 1. The lowest BCUT2D eigenvalue weighted by atomic mass is 10.2. The summed E-state index contributed by atoms with van der Waals surface area (Å²) in [4.78, 5) is 12.1. The molecule has 1 amide bonds. The molecule has 0 saturated carbocycles.